The van der Waals surface area contributed by atoms with E-state index in [0.29, 0.717) is 18.7 Å². The summed E-state index contributed by atoms with van der Waals surface area (Å²) in [5.41, 5.74) is 0.458. The van der Waals surface area contributed by atoms with Crippen molar-refractivity contribution >= 4 is 28.1 Å². The summed E-state index contributed by atoms with van der Waals surface area (Å²) in [6, 6.07) is 0. The summed E-state index contributed by atoms with van der Waals surface area (Å²) in [4.78, 5) is 23.7. The fraction of sp³-hybridized carbons (Fsp3) is 0.862. The fourth-order valence-corrected chi connectivity index (χ4v) is 4.15. The Bertz CT molecular complexity index is 596. The second-order valence-corrected chi connectivity index (χ2v) is 12.0. The molecule has 1 atom stereocenters. The van der Waals surface area contributed by atoms with Crippen molar-refractivity contribution < 1.29 is 23.5 Å². The highest BCUT2D eigenvalue weighted by molar-refractivity contribution is 9.09. The largest absolute Gasteiger partial charge is 0.445 e. The van der Waals surface area contributed by atoms with Crippen molar-refractivity contribution in [1.82, 2.24) is 10.6 Å². The Morgan fingerprint density at radius 2 is 1.16 bits per heavy atom. The lowest BCUT2D eigenvalue weighted by Gasteiger charge is -2.23. The molecule has 0 heterocycles. The minimum Gasteiger partial charge on any atom is -0.445 e. The highest BCUT2D eigenvalue weighted by atomic mass is 79.9. The zero-order valence-corrected chi connectivity index (χ0v) is 26.0. The van der Waals surface area contributed by atoms with Gasteiger partial charge in [-0.1, -0.05) is 110 Å². The van der Waals surface area contributed by atoms with Gasteiger partial charge in [-0.05, 0) is 22.4 Å². The van der Waals surface area contributed by atoms with Gasteiger partial charge in [-0.2, -0.15) is 0 Å². The normalized spacial score (nSPS) is 12.1. The van der Waals surface area contributed by atoms with Crippen molar-refractivity contribution in [2.24, 2.45) is 0 Å². The number of nitrogens with one attached hydrogen (secondary N) is 2. The number of alkyl halides is 1. The van der Waals surface area contributed by atoms with E-state index in [1.165, 1.54) is 89.9 Å². The molecule has 0 aromatic carbocycles. The SMILES string of the molecule is C=C(COC(=O)NCC[N+](C)(C)C)C(Br)OC(=O)NCCCCCCCCCCCCCCCCCC. The van der Waals surface area contributed by atoms with Gasteiger partial charge >= 0.3 is 12.2 Å². The maximum Gasteiger partial charge on any atom is 0.408 e. The Balaban J connectivity index is 3.53. The summed E-state index contributed by atoms with van der Waals surface area (Å²) >= 11 is 3.27. The van der Waals surface area contributed by atoms with E-state index in [4.69, 9.17) is 9.47 Å². The van der Waals surface area contributed by atoms with Gasteiger partial charge in [-0.3, -0.25) is 0 Å². The maximum atomic E-state index is 12.0. The standard InChI is InChI=1S/C29H56BrN3O4/c1-6-7-8-9-10-11-12-13-14-15-16-17-18-19-20-21-22-31-29(35)37-27(30)26(2)25-36-28(34)32-23-24-33(3,4)5/h27H,2,6-25H2,1,3-5H3,(H-,31,32,34,35)/p+1. The lowest BCUT2D eigenvalue weighted by molar-refractivity contribution is -0.869. The molecule has 2 amide bonds. The number of nitrogens with zero attached hydrogens (tertiary/aromatic N) is 1. The minimum atomic E-state index is -0.711. The number of amides is 2. The van der Waals surface area contributed by atoms with Crippen molar-refractivity contribution in [3.63, 3.8) is 0 Å². The molecule has 0 aromatic heterocycles. The summed E-state index contributed by atoms with van der Waals surface area (Å²) in [5.74, 6) is 0. The molecule has 218 valence electrons. The summed E-state index contributed by atoms with van der Waals surface area (Å²) in [7, 11) is 6.15. The van der Waals surface area contributed by atoms with Gasteiger partial charge in [0.1, 0.15) is 6.61 Å². The molecular formula is C29H57BrN3O4+. The molecule has 1 unspecified atom stereocenters. The number of rotatable bonds is 24. The molecule has 0 bridgehead atoms. The van der Waals surface area contributed by atoms with Crippen LogP contribution in [0.3, 0.4) is 0 Å². The number of alkyl carbamates (subject to hydrolysis) is 2. The zero-order valence-electron chi connectivity index (χ0n) is 24.4. The number of ether oxygens (including phenoxy) is 2. The van der Waals surface area contributed by atoms with Crippen LogP contribution in [0.4, 0.5) is 9.59 Å². The van der Waals surface area contributed by atoms with Crippen LogP contribution in [0.25, 0.3) is 0 Å². The molecule has 0 aliphatic rings. The molecule has 7 nitrogen and oxygen atoms in total. The second kappa shape index (κ2) is 23.8. The molecule has 0 saturated carbocycles. The number of carbonyl (C=O) groups is 2. The third kappa shape index (κ3) is 26.1. The highest BCUT2D eigenvalue weighted by Gasteiger charge is 2.16. The average molecular weight is 592 g/mol. The van der Waals surface area contributed by atoms with Crippen LogP contribution < -0.4 is 10.6 Å². The number of carbonyl (C=O) groups excluding carboxylic acids is 2. The van der Waals surface area contributed by atoms with Crippen molar-refractivity contribution in [3.05, 3.63) is 12.2 Å². The van der Waals surface area contributed by atoms with Gasteiger partial charge < -0.3 is 24.6 Å². The molecular weight excluding hydrogens is 534 g/mol. The second-order valence-electron chi connectivity index (χ2n) is 11.1. The predicted molar refractivity (Wildman–Crippen MR) is 158 cm³/mol. The van der Waals surface area contributed by atoms with E-state index in [-0.39, 0.29) is 6.61 Å². The number of hydrogen-bond donors (Lipinski definition) is 2. The molecule has 2 N–H and O–H groups in total. The third-order valence-electron chi connectivity index (χ3n) is 6.27. The van der Waals surface area contributed by atoms with E-state index >= 15 is 0 Å². The number of halogens is 1. The maximum absolute atomic E-state index is 12.0. The lowest BCUT2D eigenvalue weighted by Crippen LogP contribution is -2.42. The van der Waals surface area contributed by atoms with Crippen LogP contribution in [0.2, 0.25) is 0 Å². The minimum absolute atomic E-state index is 0.0292. The summed E-state index contributed by atoms with van der Waals surface area (Å²) in [6.45, 7) is 7.97. The van der Waals surface area contributed by atoms with Crippen molar-refractivity contribution in [3.8, 4) is 0 Å². The number of quaternary nitrogens is 1. The van der Waals surface area contributed by atoms with Crippen LogP contribution in [-0.2, 0) is 9.47 Å². The predicted octanol–water partition coefficient (Wildman–Crippen LogP) is 7.68. The fourth-order valence-electron chi connectivity index (χ4n) is 3.85. The van der Waals surface area contributed by atoms with Crippen LogP contribution in [-0.4, -0.2) is 69.1 Å². The Kier molecular flexibility index (Phi) is 23.0. The Hall–Kier alpha value is -1.28. The Morgan fingerprint density at radius 1 is 0.730 bits per heavy atom. The van der Waals surface area contributed by atoms with E-state index in [0.717, 1.165) is 23.9 Å². The molecule has 0 spiro atoms. The monoisotopic (exact) mass is 590 g/mol. The van der Waals surface area contributed by atoms with Crippen molar-refractivity contribution in [2.45, 2.75) is 115 Å². The van der Waals surface area contributed by atoms with Gasteiger partial charge in [-0.25, -0.2) is 9.59 Å². The first-order valence-electron chi connectivity index (χ1n) is 14.6. The lowest BCUT2D eigenvalue weighted by atomic mass is 10.0. The van der Waals surface area contributed by atoms with E-state index in [1.807, 2.05) is 21.1 Å². The molecule has 37 heavy (non-hydrogen) atoms. The van der Waals surface area contributed by atoms with Crippen LogP contribution in [0.5, 0.6) is 0 Å². The topological polar surface area (TPSA) is 76.7 Å². The van der Waals surface area contributed by atoms with Crippen LogP contribution in [0.15, 0.2) is 12.2 Å². The Labute approximate surface area is 236 Å². The smallest absolute Gasteiger partial charge is 0.408 e. The summed E-state index contributed by atoms with van der Waals surface area (Å²) < 4.78 is 11.1. The van der Waals surface area contributed by atoms with Crippen molar-refractivity contribution in [1.29, 1.82) is 0 Å². The van der Waals surface area contributed by atoms with E-state index in [1.54, 1.807) is 0 Å². The van der Waals surface area contributed by atoms with Gasteiger partial charge in [0.05, 0.1) is 34.2 Å². The van der Waals surface area contributed by atoms with E-state index in [2.05, 4.69) is 40.1 Å². The van der Waals surface area contributed by atoms with E-state index in [9.17, 15) is 9.59 Å². The molecule has 0 fully saturated rings. The Morgan fingerprint density at radius 3 is 1.62 bits per heavy atom. The van der Waals surface area contributed by atoms with Gasteiger partial charge in [0.2, 0.25) is 0 Å². The third-order valence-corrected chi connectivity index (χ3v) is 7.11. The first-order valence-corrected chi connectivity index (χ1v) is 15.5. The van der Waals surface area contributed by atoms with Gasteiger partial charge in [-0.15, -0.1) is 0 Å². The molecule has 0 radical (unpaired) electrons. The van der Waals surface area contributed by atoms with Crippen LogP contribution in [0, 0.1) is 0 Å². The van der Waals surface area contributed by atoms with Gasteiger partial charge in [0, 0.05) is 12.1 Å². The first-order chi connectivity index (χ1) is 17.7. The van der Waals surface area contributed by atoms with Crippen molar-refractivity contribution in [2.75, 3.05) is 47.4 Å². The molecule has 0 aliphatic carbocycles. The molecule has 0 saturated heterocycles. The van der Waals surface area contributed by atoms with E-state index < -0.39 is 17.2 Å². The molecule has 8 heteroatoms. The quantitative estimate of drug-likeness (QED) is 0.0522. The first kappa shape index (κ1) is 35.7. The number of unbranched alkanes of at least 4 members (excludes halogenated alkanes) is 15. The molecule has 0 aliphatic heterocycles. The summed E-state index contributed by atoms with van der Waals surface area (Å²) in [5, 5.41) is 4.76. The van der Waals surface area contributed by atoms with Gasteiger partial charge in [0.15, 0.2) is 5.01 Å². The van der Waals surface area contributed by atoms with Crippen LogP contribution >= 0.6 is 15.9 Å². The highest BCUT2D eigenvalue weighted by Crippen LogP contribution is 2.14. The molecule has 0 rings (SSSR count). The zero-order chi connectivity index (χ0) is 27.8. The molecule has 0 aromatic rings. The van der Waals surface area contributed by atoms with Gasteiger partial charge in [0.25, 0.3) is 0 Å². The number of hydrogen-bond acceptors (Lipinski definition) is 4. The summed E-state index contributed by atoms with van der Waals surface area (Å²) in [6.07, 6.45) is 20.2. The van der Waals surface area contributed by atoms with Crippen LogP contribution in [0.1, 0.15) is 110 Å². The average Bonchev–Trinajstić information content (AvgIpc) is 2.83. The number of likely N-dealkylation sites (N-methyl/N-ethyl adjacent to an activating group) is 1.